The molecule has 0 saturated carbocycles. The lowest BCUT2D eigenvalue weighted by Crippen LogP contribution is -2.28. The number of hydrogen-bond donors (Lipinski definition) is 2. The molecule has 0 aliphatic carbocycles. The Hall–Kier alpha value is -0.620. The smallest absolute Gasteiger partial charge is 0.242 e. The van der Waals surface area contributed by atoms with Crippen LogP contribution < -0.4 is 10.0 Å². The van der Waals surface area contributed by atoms with Crippen LogP contribution in [-0.2, 0) is 16.6 Å². The monoisotopic (exact) mass is 318 g/mol. The van der Waals surface area contributed by atoms with Crippen LogP contribution in [0.5, 0.6) is 0 Å². The standard InChI is InChI=1S/C14H23ClN2O2S/c1-10(2)8-17-20(18,19)14-7-12(5-6-13(14)15)9-16-11(3)4/h5-7,10-11,16-17H,8-9H2,1-4H3. The molecule has 0 aromatic heterocycles. The predicted octanol–water partition coefficient (Wildman–Crippen LogP) is 2.77. The van der Waals surface area contributed by atoms with Gasteiger partial charge < -0.3 is 5.32 Å². The van der Waals surface area contributed by atoms with Crippen LogP contribution in [-0.4, -0.2) is 21.0 Å². The second kappa shape index (κ2) is 7.41. The Morgan fingerprint density at radius 1 is 1.20 bits per heavy atom. The van der Waals surface area contributed by atoms with Gasteiger partial charge in [-0.05, 0) is 23.6 Å². The molecular weight excluding hydrogens is 296 g/mol. The first-order valence-electron chi connectivity index (χ1n) is 6.74. The zero-order valence-electron chi connectivity index (χ0n) is 12.4. The average molecular weight is 319 g/mol. The summed E-state index contributed by atoms with van der Waals surface area (Å²) >= 11 is 6.02. The fraction of sp³-hybridized carbons (Fsp3) is 0.571. The van der Waals surface area contributed by atoms with Gasteiger partial charge in [-0.1, -0.05) is 45.4 Å². The van der Waals surface area contributed by atoms with Crippen LogP contribution in [0.3, 0.4) is 0 Å². The molecule has 1 aromatic rings. The number of halogens is 1. The van der Waals surface area contributed by atoms with Gasteiger partial charge in [0.05, 0.1) is 5.02 Å². The zero-order valence-corrected chi connectivity index (χ0v) is 14.0. The average Bonchev–Trinajstić information content (AvgIpc) is 2.35. The summed E-state index contributed by atoms with van der Waals surface area (Å²) < 4.78 is 27.0. The third-order valence-corrected chi connectivity index (χ3v) is 4.59. The number of benzene rings is 1. The minimum Gasteiger partial charge on any atom is -0.310 e. The SMILES string of the molecule is CC(C)CNS(=O)(=O)c1cc(CNC(C)C)ccc1Cl. The van der Waals surface area contributed by atoms with Crippen molar-refractivity contribution in [1.29, 1.82) is 0 Å². The molecule has 0 bridgehead atoms. The summed E-state index contributed by atoms with van der Waals surface area (Å²) in [6, 6.07) is 5.42. The van der Waals surface area contributed by atoms with Gasteiger partial charge in [-0.25, -0.2) is 13.1 Å². The molecule has 1 aromatic carbocycles. The molecule has 0 heterocycles. The van der Waals surface area contributed by atoms with Crippen molar-refractivity contribution in [3.05, 3.63) is 28.8 Å². The van der Waals surface area contributed by atoms with Crippen molar-refractivity contribution in [2.75, 3.05) is 6.54 Å². The number of hydrogen-bond acceptors (Lipinski definition) is 3. The van der Waals surface area contributed by atoms with E-state index in [1.807, 2.05) is 33.8 Å². The molecule has 0 aliphatic heterocycles. The molecule has 0 radical (unpaired) electrons. The molecule has 0 atom stereocenters. The highest BCUT2D eigenvalue weighted by Crippen LogP contribution is 2.22. The molecule has 0 unspecified atom stereocenters. The molecular formula is C14H23ClN2O2S. The maximum absolute atomic E-state index is 12.2. The van der Waals surface area contributed by atoms with E-state index in [1.54, 1.807) is 12.1 Å². The Morgan fingerprint density at radius 3 is 2.40 bits per heavy atom. The van der Waals surface area contributed by atoms with Crippen LogP contribution in [0.2, 0.25) is 5.02 Å². The van der Waals surface area contributed by atoms with Crippen LogP contribution in [0.25, 0.3) is 0 Å². The topological polar surface area (TPSA) is 58.2 Å². The Balaban J connectivity index is 2.95. The van der Waals surface area contributed by atoms with Crippen molar-refractivity contribution in [3.63, 3.8) is 0 Å². The van der Waals surface area contributed by atoms with E-state index in [0.29, 0.717) is 19.1 Å². The van der Waals surface area contributed by atoms with Gasteiger partial charge in [0.1, 0.15) is 4.90 Å². The fourth-order valence-electron chi connectivity index (χ4n) is 1.54. The molecule has 0 spiro atoms. The van der Waals surface area contributed by atoms with E-state index in [4.69, 9.17) is 11.6 Å². The van der Waals surface area contributed by atoms with Gasteiger partial charge in [0.25, 0.3) is 0 Å². The molecule has 0 amide bonds. The second-order valence-electron chi connectivity index (χ2n) is 5.55. The normalized spacial score (nSPS) is 12.3. The van der Waals surface area contributed by atoms with Crippen molar-refractivity contribution < 1.29 is 8.42 Å². The Labute approximate surface area is 127 Å². The van der Waals surface area contributed by atoms with E-state index in [2.05, 4.69) is 10.0 Å². The summed E-state index contributed by atoms with van der Waals surface area (Å²) in [4.78, 5) is 0.142. The van der Waals surface area contributed by atoms with Gasteiger partial charge in [-0.15, -0.1) is 0 Å². The number of sulfonamides is 1. The third kappa shape index (κ3) is 5.40. The third-order valence-electron chi connectivity index (χ3n) is 2.68. The highest BCUT2D eigenvalue weighted by Gasteiger charge is 2.18. The quantitative estimate of drug-likeness (QED) is 0.812. The Kier molecular flexibility index (Phi) is 6.45. The van der Waals surface area contributed by atoms with Crippen molar-refractivity contribution in [3.8, 4) is 0 Å². The van der Waals surface area contributed by atoms with Crippen molar-refractivity contribution >= 4 is 21.6 Å². The lowest BCUT2D eigenvalue weighted by Gasteiger charge is -2.13. The molecule has 0 aliphatic rings. The van der Waals surface area contributed by atoms with Gasteiger partial charge in [-0.2, -0.15) is 0 Å². The first kappa shape index (κ1) is 17.4. The second-order valence-corrected chi connectivity index (χ2v) is 7.69. The first-order valence-corrected chi connectivity index (χ1v) is 8.60. The van der Waals surface area contributed by atoms with Crippen molar-refractivity contribution in [2.24, 2.45) is 5.92 Å². The van der Waals surface area contributed by atoms with E-state index in [1.165, 1.54) is 0 Å². The molecule has 0 saturated heterocycles. The summed E-state index contributed by atoms with van der Waals surface area (Å²) in [5.74, 6) is 0.245. The lowest BCUT2D eigenvalue weighted by molar-refractivity contribution is 0.559. The molecule has 20 heavy (non-hydrogen) atoms. The van der Waals surface area contributed by atoms with Crippen LogP contribution in [0.4, 0.5) is 0 Å². The zero-order chi connectivity index (χ0) is 15.3. The van der Waals surface area contributed by atoms with E-state index < -0.39 is 10.0 Å². The molecule has 2 N–H and O–H groups in total. The maximum atomic E-state index is 12.2. The van der Waals surface area contributed by atoms with Crippen LogP contribution in [0.15, 0.2) is 23.1 Å². The van der Waals surface area contributed by atoms with E-state index in [-0.39, 0.29) is 15.8 Å². The molecule has 4 nitrogen and oxygen atoms in total. The Bertz CT molecular complexity index is 542. The number of nitrogens with one attached hydrogen (secondary N) is 2. The van der Waals surface area contributed by atoms with Crippen LogP contribution >= 0.6 is 11.6 Å². The summed E-state index contributed by atoms with van der Waals surface area (Å²) in [6.45, 7) is 8.99. The van der Waals surface area contributed by atoms with Gasteiger partial charge >= 0.3 is 0 Å². The van der Waals surface area contributed by atoms with Crippen LogP contribution in [0, 0.1) is 5.92 Å². The first-order chi connectivity index (χ1) is 9.22. The summed E-state index contributed by atoms with van der Waals surface area (Å²) in [7, 11) is -3.56. The fourth-order valence-corrected chi connectivity index (χ4v) is 3.30. The van der Waals surface area contributed by atoms with E-state index in [0.717, 1.165) is 5.56 Å². The summed E-state index contributed by atoms with van der Waals surface area (Å²) in [6.07, 6.45) is 0. The Morgan fingerprint density at radius 2 is 1.85 bits per heavy atom. The summed E-state index contributed by atoms with van der Waals surface area (Å²) in [5, 5.41) is 3.50. The van der Waals surface area contributed by atoms with Gasteiger partial charge in [0, 0.05) is 19.1 Å². The highest BCUT2D eigenvalue weighted by atomic mass is 35.5. The summed E-state index contributed by atoms with van der Waals surface area (Å²) in [5.41, 5.74) is 0.896. The van der Waals surface area contributed by atoms with Crippen molar-refractivity contribution in [1.82, 2.24) is 10.0 Å². The predicted molar refractivity (Wildman–Crippen MR) is 83.5 cm³/mol. The molecule has 1 rings (SSSR count). The molecule has 114 valence electrons. The number of rotatable bonds is 7. The maximum Gasteiger partial charge on any atom is 0.242 e. The molecule has 6 heteroatoms. The van der Waals surface area contributed by atoms with Gasteiger partial charge in [0.15, 0.2) is 0 Å². The minimum atomic E-state index is -3.56. The highest BCUT2D eigenvalue weighted by molar-refractivity contribution is 7.89. The lowest BCUT2D eigenvalue weighted by atomic mass is 10.2. The van der Waals surface area contributed by atoms with E-state index >= 15 is 0 Å². The minimum absolute atomic E-state index is 0.142. The van der Waals surface area contributed by atoms with Crippen LogP contribution in [0.1, 0.15) is 33.3 Å². The van der Waals surface area contributed by atoms with Crippen molar-refractivity contribution in [2.45, 2.75) is 45.2 Å². The van der Waals surface area contributed by atoms with E-state index in [9.17, 15) is 8.42 Å². The van der Waals surface area contributed by atoms with Gasteiger partial charge in [0.2, 0.25) is 10.0 Å². The molecule has 0 fully saturated rings. The largest absolute Gasteiger partial charge is 0.310 e. The van der Waals surface area contributed by atoms with Gasteiger partial charge in [-0.3, -0.25) is 0 Å².